The smallest absolute Gasteiger partial charge is 0.404 e. The lowest BCUT2D eigenvalue weighted by atomic mass is 10.1. The van der Waals surface area contributed by atoms with Crippen molar-refractivity contribution in [1.82, 2.24) is 5.32 Å². The van der Waals surface area contributed by atoms with Gasteiger partial charge in [0, 0.05) is 11.4 Å². The van der Waals surface area contributed by atoms with Crippen LogP contribution in [0.5, 0.6) is 0 Å². The summed E-state index contributed by atoms with van der Waals surface area (Å²) in [5.74, 6) is 0.108. The molecule has 3 N–H and O–H groups in total. The van der Waals surface area contributed by atoms with Gasteiger partial charge < -0.3 is 15.8 Å². The lowest BCUT2D eigenvalue weighted by molar-refractivity contribution is 0.0936. The van der Waals surface area contributed by atoms with Gasteiger partial charge in [-0.15, -0.1) is 11.6 Å². The Labute approximate surface area is 104 Å². The standard InChI is InChI=1S/C11H13ClN2O3/c12-7-8-2-1-3-9(6-8)10(15)14-4-5-17-11(13)16/h1-3,6H,4-5,7H2,(H2,13,16)(H,14,15). The predicted octanol–water partition coefficient (Wildman–Crippen LogP) is 1.25. The molecule has 0 aliphatic rings. The molecule has 0 aliphatic heterocycles. The van der Waals surface area contributed by atoms with E-state index >= 15 is 0 Å². The van der Waals surface area contributed by atoms with Crippen LogP contribution in [0.25, 0.3) is 0 Å². The quantitative estimate of drug-likeness (QED) is 0.614. The Hall–Kier alpha value is -1.75. The summed E-state index contributed by atoms with van der Waals surface area (Å²) in [4.78, 5) is 21.9. The molecule has 0 heterocycles. The third-order valence-corrected chi connectivity index (χ3v) is 2.28. The molecular weight excluding hydrogens is 244 g/mol. The highest BCUT2D eigenvalue weighted by atomic mass is 35.5. The minimum Gasteiger partial charge on any atom is -0.448 e. The van der Waals surface area contributed by atoms with Gasteiger partial charge in [0.05, 0.1) is 6.54 Å². The van der Waals surface area contributed by atoms with E-state index in [1.165, 1.54) is 0 Å². The van der Waals surface area contributed by atoms with E-state index in [-0.39, 0.29) is 19.1 Å². The number of carbonyl (C=O) groups excluding carboxylic acids is 2. The molecule has 92 valence electrons. The van der Waals surface area contributed by atoms with Gasteiger partial charge in [-0.2, -0.15) is 0 Å². The number of primary amides is 1. The van der Waals surface area contributed by atoms with Gasteiger partial charge in [0.25, 0.3) is 5.91 Å². The molecule has 1 aromatic carbocycles. The molecule has 0 unspecified atom stereocenters. The number of alkyl halides is 1. The van der Waals surface area contributed by atoms with Crippen LogP contribution in [0.15, 0.2) is 24.3 Å². The fourth-order valence-corrected chi connectivity index (χ4v) is 1.38. The van der Waals surface area contributed by atoms with Gasteiger partial charge in [-0.05, 0) is 17.7 Å². The lowest BCUT2D eigenvalue weighted by Gasteiger charge is -2.06. The number of halogens is 1. The van der Waals surface area contributed by atoms with Crippen LogP contribution in [0.1, 0.15) is 15.9 Å². The molecule has 0 bridgehead atoms. The van der Waals surface area contributed by atoms with Crippen molar-refractivity contribution in [3.05, 3.63) is 35.4 Å². The summed E-state index contributed by atoms with van der Waals surface area (Å²) in [5.41, 5.74) is 6.15. The number of hydrogen-bond donors (Lipinski definition) is 2. The predicted molar refractivity (Wildman–Crippen MR) is 63.9 cm³/mol. The van der Waals surface area contributed by atoms with Gasteiger partial charge in [0.2, 0.25) is 0 Å². The van der Waals surface area contributed by atoms with E-state index in [9.17, 15) is 9.59 Å². The molecule has 0 fully saturated rings. The van der Waals surface area contributed by atoms with Crippen LogP contribution in [0.3, 0.4) is 0 Å². The molecule has 6 heteroatoms. The SMILES string of the molecule is NC(=O)OCCNC(=O)c1cccc(CCl)c1. The van der Waals surface area contributed by atoms with Crippen LogP contribution in [0, 0.1) is 0 Å². The van der Waals surface area contributed by atoms with Crippen molar-refractivity contribution in [1.29, 1.82) is 0 Å². The molecular formula is C11H13ClN2O3. The van der Waals surface area contributed by atoms with Crippen LogP contribution in [-0.4, -0.2) is 25.2 Å². The number of hydrogen-bond acceptors (Lipinski definition) is 3. The molecule has 0 aliphatic carbocycles. The maximum absolute atomic E-state index is 11.6. The molecule has 0 aromatic heterocycles. The zero-order valence-corrected chi connectivity index (χ0v) is 9.87. The zero-order chi connectivity index (χ0) is 12.7. The maximum atomic E-state index is 11.6. The van der Waals surface area contributed by atoms with Crippen LogP contribution < -0.4 is 11.1 Å². The molecule has 5 nitrogen and oxygen atoms in total. The highest BCUT2D eigenvalue weighted by Gasteiger charge is 2.05. The summed E-state index contributed by atoms with van der Waals surface area (Å²) in [5, 5.41) is 2.59. The first-order valence-corrected chi connectivity index (χ1v) is 5.52. The first-order valence-electron chi connectivity index (χ1n) is 4.99. The van der Waals surface area contributed by atoms with E-state index in [1.54, 1.807) is 18.2 Å². The number of amides is 2. The van der Waals surface area contributed by atoms with E-state index in [1.807, 2.05) is 6.07 Å². The van der Waals surface area contributed by atoms with Crippen LogP contribution in [0.4, 0.5) is 4.79 Å². The van der Waals surface area contributed by atoms with Gasteiger partial charge in [-0.25, -0.2) is 4.79 Å². The highest BCUT2D eigenvalue weighted by Crippen LogP contribution is 2.07. The number of nitrogens with two attached hydrogens (primary N) is 1. The maximum Gasteiger partial charge on any atom is 0.404 e. The molecule has 0 spiro atoms. The number of rotatable bonds is 5. The van der Waals surface area contributed by atoms with Crippen molar-refractivity contribution < 1.29 is 14.3 Å². The first kappa shape index (κ1) is 13.3. The molecule has 2 amide bonds. The molecule has 17 heavy (non-hydrogen) atoms. The Morgan fingerprint density at radius 2 is 2.18 bits per heavy atom. The topological polar surface area (TPSA) is 81.4 Å². The summed E-state index contributed by atoms with van der Waals surface area (Å²) in [6, 6.07) is 6.98. The number of nitrogens with one attached hydrogen (secondary N) is 1. The monoisotopic (exact) mass is 256 g/mol. The molecule has 1 aromatic rings. The minimum atomic E-state index is -0.858. The summed E-state index contributed by atoms with van der Waals surface area (Å²) >= 11 is 5.66. The second kappa shape index (κ2) is 6.75. The van der Waals surface area contributed by atoms with Crippen molar-refractivity contribution in [2.24, 2.45) is 5.73 Å². The van der Waals surface area contributed by atoms with E-state index in [0.717, 1.165) is 5.56 Å². The highest BCUT2D eigenvalue weighted by molar-refractivity contribution is 6.17. The van der Waals surface area contributed by atoms with Crippen LogP contribution in [-0.2, 0) is 10.6 Å². The van der Waals surface area contributed by atoms with Gasteiger partial charge in [0.15, 0.2) is 0 Å². The lowest BCUT2D eigenvalue weighted by Crippen LogP contribution is -2.29. The average molecular weight is 257 g/mol. The zero-order valence-electron chi connectivity index (χ0n) is 9.11. The third kappa shape index (κ3) is 4.74. The summed E-state index contributed by atoms with van der Waals surface area (Å²) < 4.78 is 4.48. The van der Waals surface area contributed by atoms with Crippen LogP contribution >= 0.6 is 11.6 Å². The van der Waals surface area contributed by atoms with Crippen LogP contribution in [0.2, 0.25) is 0 Å². The van der Waals surface area contributed by atoms with Crippen molar-refractivity contribution >= 4 is 23.6 Å². The second-order valence-corrected chi connectivity index (χ2v) is 3.52. The fraction of sp³-hybridized carbons (Fsp3) is 0.273. The van der Waals surface area contributed by atoms with Gasteiger partial charge in [0.1, 0.15) is 6.61 Å². The van der Waals surface area contributed by atoms with Crippen molar-refractivity contribution in [3.8, 4) is 0 Å². The largest absolute Gasteiger partial charge is 0.448 e. The molecule has 0 atom stereocenters. The number of ether oxygens (including phenoxy) is 1. The normalized spacial score (nSPS) is 9.71. The Balaban J connectivity index is 2.43. The van der Waals surface area contributed by atoms with Gasteiger partial charge in [-0.1, -0.05) is 12.1 Å². The second-order valence-electron chi connectivity index (χ2n) is 3.26. The summed E-state index contributed by atoms with van der Waals surface area (Å²) in [6.45, 7) is 0.267. The molecule has 0 saturated carbocycles. The van der Waals surface area contributed by atoms with Crippen molar-refractivity contribution in [3.63, 3.8) is 0 Å². The first-order chi connectivity index (χ1) is 8.13. The molecule has 0 saturated heterocycles. The van der Waals surface area contributed by atoms with Crippen molar-refractivity contribution in [2.45, 2.75) is 5.88 Å². The van der Waals surface area contributed by atoms with Gasteiger partial charge >= 0.3 is 6.09 Å². The van der Waals surface area contributed by atoms with E-state index in [0.29, 0.717) is 11.4 Å². The van der Waals surface area contributed by atoms with E-state index < -0.39 is 6.09 Å². The Morgan fingerprint density at radius 1 is 1.41 bits per heavy atom. The Morgan fingerprint density at radius 3 is 2.82 bits per heavy atom. The average Bonchev–Trinajstić information content (AvgIpc) is 2.34. The Bertz CT molecular complexity index is 409. The summed E-state index contributed by atoms with van der Waals surface area (Å²) in [6.07, 6.45) is -0.858. The van der Waals surface area contributed by atoms with Gasteiger partial charge in [-0.3, -0.25) is 4.79 Å². The molecule has 0 radical (unpaired) electrons. The summed E-state index contributed by atoms with van der Waals surface area (Å²) in [7, 11) is 0. The third-order valence-electron chi connectivity index (χ3n) is 1.98. The fourth-order valence-electron chi connectivity index (χ4n) is 1.21. The van der Waals surface area contributed by atoms with E-state index in [2.05, 4.69) is 10.1 Å². The minimum absolute atomic E-state index is 0.0519. The van der Waals surface area contributed by atoms with E-state index in [4.69, 9.17) is 17.3 Å². The Kier molecular flexibility index (Phi) is 5.29. The number of benzene rings is 1. The van der Waals surface area contributed by atoms with Crippen molar-refractivity contribution in [2.75, 3.05) is 13.2 Å². The number of carbonyl (C=O) groups is 2. The molecule has 1 rings (SSSR count).